The number of aryl methyl sites for hydroxylation is 3. The Kier molecular flexibility index (Phi) is 6.51. The number of nitrogens with zero attached hydrogens (tertiary/aromatic N) is 2. The highest BCUT2D eigenvalue weighted by Crippen LogP contribution is 2.33. The van der Waals surface area contributed by atoms with Gasteiger partial charge in [-0.1, -0.05) is 18.2 Å². The number of para-hydroxylation sites is 1. The van der Waals surface area contributed by atoms with Gasteiger partial charge in [0.05, 0.1) is 30.6 Å². The van der Waals surface area contributed by atoms with Crippen LogP contribution in [0, 0.1) is 27.7 Å². The molecule has 0 bridgehead atoms. The van der Waals surface area contributed by atoms with Gasteiger partial charge in [-0.05, 0) is 63.5 Å². The van der Waals surface area contributed by atoms with Crippen LogP contribution in [0.1, 0.15) is 35.0 Å². The van der Waals surface area contributed by atoms with Crippen molar-refractivity contribution in [2.24, 2.45) is 0 Å². The van der Waals surface area contributed by atoms with Gasteiger partial charge in [-0.25, -0.2) is 4.79 Å². The van der Waals surface area contributed by atoms with Crippen molar-refractivity contribution in [3.8, 4) is 5.69 Å². The number of hydrogen-bond acceptors (Lipinski definition) is 4. The zero-order valence-electron chi connectivity index (χ0n) is 19.3. The van der Waals surface area contributed by atoms with Crippen LogP contribution in [0.25, 0.3) is 11.8 Å². The molecule has 0 unspecified atom stereocenters. The highest BCUT2D eigenvalue weighted by molar-refractivity contribution is 6.16. The topological polar surface area (TPSA) is 60.8 Å². The molecule has 0 saturated heterocycles. The summed E-state index contributed by atoms with van der Waals surface area (Å²) in [5.74, 6) is -0.729. The van der Waals surface area contributed by atoms with E-state index in [-0.39, 0.29) is 5.91 Å². The fourth-order valence-corrected chi connectivity index (χ4v) is 4.27. The van der Waals surface area contributed by atoms with Crippen LogP contribution in [0.5, 0.6) is 0 Å². The van der Waals surface area contributed by atoms with Gasteiger partial charge in [0, 0.05) is 30.7 Å². The van der Waals surface area contributed by atoms with E-state index >= 15 is 0 Å². The Morgan fingerprint density at radius 3 is 2.29 bits per heavy atom. The van der Waals surface area contributed by atoms with E-state index in [1.165, 1.54) is 18.2 Å². The predicted molar refractivity (Wildman–Crippen MR) is 121 cm³/mol. The summed E-state index contributed by atoms with van der Waals surface area (Å²) < 4.78 is 12.3. The first-order chi connectivity index (χ1) is 14.7. The van der Waals surface area contributed by atoms with Gasteiger partial charge in [-0.15, -0.1) is 0 Å². The van der Waals surface area contributed by atoms with Crippen LogP contribution >= 0.6 is 0 Å². The Morgan fingerprint density at radius 2 is 1.71 bits per heavy atom. The number of allylic oxidation sites excluding steroid dienone is 1. The van der Waals surface area contributed by atoms with Crippen LogP contribution in [-0.2, 0) is 19.1 Å². The molecule has 1 aliphatic heterocycles. The molecular formula is C25H30N2O4. The second kappa shape index (κ2) is 8.94. The van der Waals surface area contributed by atoms with Gasteiger partial charge in [0.1, 0.15) is 0 Å². The number of aromatic nitrogens is 1. The van der Waals surface area contributed by atoms with Gasteiger partial charge in [-0.2, -0.15) is 0 Å². The quantitative estimate of drug-likeness (QED) is 0.521. The first kappa shape index (κ1) is 22.6. The Balaban J connectivity index is 2.15. The monoisotopic (exact) mass is 422 g/mol. The zero-order chi connectivity index (χ0) is 22.9. The lowest BCUT2D eigenvalue weighted by atomic mass is 10.0. The minimum atomic E-state index is -0.513. The van der Waals surface area contributed by atoms with Gasteiger partial charge in [0.2, 0.25) is 0 Å². The average molecular weight is 423 g/mol. The highest BCUT2D eigenvalue weighted by Gasteiger charge is 2.37. The maximum atomic E-state index is 13.2. The highest BCUT2D eigenvalue weighted by atomic mass is 16.5. The van der Waals surface area contributed by atoms with Crippen molar-refractivity contribution in [2.45, 2.75) is 34.6 Å². The van der Waals surface area contributed by atoms with E-state index in [1.807, 2.05) is 26.0 Å². The number of amides is 1. The minimum absolute atomic E-state index is 0.216. The fourth-order valence-electron chi connectivity index (χ4n) is 4.27. The van der Waals surface area contributed by atoms with Crippen molar-refractivity contribution in [1.82, 2.24) is 9.47 Å². The number of benzene rings is 1. The fraction of sp³-hybridized carbons (Fsp3) is 0.360. The van der Waals surface area contributed by atoms with Crippen LogP contribution in [0.2, 0.25) is 0 Å². The molecule has 31 heavy (non-hydrogen) atoms. The third-order valence-electron chi connectivity index (χ3n) is 5.85. The van der Waals surface area contributed by atoms with E-state index in [0.29, 0.717) is 30.0 Å². The van der Waals surface area contributed by atoms with Crippen molar-refractivity contribution >= 4 is 18.0 Å². The Morgan fingerprint density at radius 1 is 1.06 bits per heavy atom. The van der Waals surface area contributed by atoms with E-state index in [1.54, 1.807) is 25.0 Å². The van der Waals surface area contributed by atoms with Crippen molar-refractivity contribution < 1.29 is 19.1 Å². The second-order valence-electron chi connectivity index (χ2n) is 7.86. The molecule has 0 fully saturated rings. The molecule has 0 spiro atoms. The summed E-state index contributed by atoms with van der Waals surface area (Å²) in [4.78, 5) is 27.3. The molecule has 1 aromatic carbocycles. The summed E-state index contributed by atoms with van der Waals surface area (Å²) in [5, 5.41) is 0. The molecule has 0 N–H and O–H groups in total. The number of rotatable bonds is 6. The summed E-state index contributed by atoms with van der Waals surface area (Å²) in [7, 11) is 2.91. The lowest BCUT2D eigenvalue weighted by Gasteiger charge is -2.17. The van der Waals surface area contributed by atoms with Crippen LogP contribution in [0.3, 0.4) is 0 Å². The van der Waals surface area contributed by atoms with Gasteiger partial charge >= 0.3 is 5.97 Å². The number of methoxy groups -OCH3 is 2. The number of carbonyl (C=O) groups excluding carboxylic acids is 2. The number of esters is 1. The molecule has 164 valence electrons. The summed E-state index contributed by atoms with van der Waals surface area (Å²) in [5.41, 5.74) is 7.69. The molecular weight excluding hydrogens is 392 g/mol. The third-order valence-corrected chi connectivity index (χ3v) is 5.85. The molecule has 0 radical (unpaired) electrons. The zero-order valence-corrected chi connectivity index (χ0v) is 19.3. The molecule has 0 atom stereocenters. The van der Waals surface area contributed by atoms with E-state index in [9.17, 15) is 9.59 Å². The maximum absolute atomic E-state index is 13.2. The molecule has 1 aliphatic rings. The molecule has 0 aliphatic carbocycles. The lowest BCUT2D eigenvalue weighted by Crippen LogP contribution is -2.28. The SMILES string of the molecule is COCCN1C(=O)/C(=C\c2cc(C)n(-c3c(C)cccc3C)c2C)C(C(=O)OC)=C1C. The molecule has 1 amide bonds. The Labute approximate surface area is 183 Å². The molecule has 0 saturated carbocycles. The molecule has 2 heterocycles. The Bertz CT molecular complexity index is 1080. The van der Waals surface area contributed by atoms with Crippen LogP contribution in [0.15, 0.2) is 41.1 Å². The standard InChI is InChI=1S/C25H30N2O4/c1-15-9-8-10-16(2)23(15)27-17(3)13-20(18(27)4)14-21-22(25(29)31-7)19(5)26(24(21)28)11-12-30-6/h8-10,13-14H,11-12H2,1-7H3/b21-14-. The van der Waals surface area contributed by atoms with Crippen molar-refractivity contribution in [1.29, 1.82) is 0 Å². The third kappa shape index (κ3) is 3.95. The minimum Gasteiger partial charge on any atom is -0.465 e. The second-order valence-corrected chi connectivity index (χ2v) is 7.86. The average Bonchev–Trinajstić information content (AvgIpc) is 3.13. The smallest absolute Gasteiger partial charge is 0.340 e. The molecule has 6 heteroatoms. The van der Waals surface area contributed by atoms with Crippen LogP contribution in [-0.4, -0.2) is 48.7 Å². The van der Waals surface area contributed by atoms with Crippen molar-refractivity contribution in [3.63, 3.8) is 0 Å². The number of carbonyl (C=O) groups is 2. The van der Waals surface area contributed by atoms with Crippen LogP contribution < -0.4 is 0 Å². The van der Waals surface area contributed by atoms with Gasteiger partial charge in [0.25, 0.3) is 5.91 Å². The Hall–Kier alpha value is -3.12. The van der Waals surface area contributed by atoms with E-state index in [0.717, 1.165) is 22.6 Å². The summed E-state index contributed by atoms with van der Waals surface area (Å²) in [6, 6.07) is 8.28. The predicted octanol–water partition coefficient (Wildman–Crippen LogP) is 4.03. The largest absolute Gasteiger partial charge is 0.465 e. The molecule has 2 aromatic rings. The molecule has 6 nitrogen and oxygen atoms in total. The van der Waals surface area contributed by atoms with Crippen LogP contribution in [0.4, 0.5) is 0 Å². The number of ether oxygens (including phenoxy) is 2. The van der Waals surface area contributed by atoms with Gasteiger partial charge < -0.3 is 18.9 Å². The van der Waals surface area contributed by atoms with Crippen molar-refractivity contribution in [2.75, 3.05) is 27.4 Å². The first-order valence-corrected chi connectivity index (χ1v) is 10.3. The normalized spacial score (nSPS) is 15.4. The molecule has 1 aromatic heterocycles. The van der Waals surface area contributed by atoms with E-state index in [2.05, 4.69) is 30.5 Å². The van der Waals surface area contributed by atoms with Gasteiger partial charge in [0.15, 0.2) is 0 Å². The number of hydrogen-bond donors (Lipinski definition) is 0. The summed E-state index contributed by atoms with van der Waals surface area (Å²) >= 11 is 0. The van der Waals surface area contributed by atoms with E-state index in [4.69, 9.17) is 9.47 Å². The first-order valence-electron chi connectivity index (χ1n) is 10.3. The van der Waals surface area contributed by atoms with Gasteiger partial charge in [-0.3, -0.25) is 4.79 Å². The summed E-state index contributed by atoms with van der Waals surface area (Å²) in [6.45, 7) is 10.8. The summed E-state index contributed by atoms with van der Waals surface area (Å²) in [6.07, 6.45) is 1.80. The lowest BCUT2D eigenvalue weighted by molar-refractivity contribution is -0.136. The molecule has 3 rings (SSSR count). The maximum Gasteiger partial charge on any atom is 0.340 e. The van der Waals surface area contributed by atoms with Crippen molar-refractivity contribution in [3.05, 3.63) is 69.2 Å². The van der Waals surface area contributed by atoms with E-state index < -0.39 is 5.97 Å².